The van der Waals surface area contributed by atoms with E-state index in [0.717, 1.165) is 18.5 Å². The third-order valence-corrected chi connectivity index (χ3v) is 2.34. The first-order valence-corrected chi connectivity index (χ1v) is 5.42. The minimum atomic E-state index is -1.19. The van der Waals surface area contributed by atoms with Gasteiger partial charge in [0, 0.05) is 12.3 Å². The van der Waals surface area contributed by atoms with Crippen LogP contribution in [-0.4, -0.2) is 26.0 Å². The average Bonchev–Trinajstić information content (AvgIpc) is 2.47. The van der Waals surface area contributed by atoms with Gasteiger partial charge in [-0.05, 0) is 6.07 Å². The lowest BCUT2D eigenvalue weighted by molar-refractivity contribution is -0.385. The maximum atomic E-state index is 10.8. The zero-order valence-corrected chi connectivity index (χ0v) is 10.3. The molecular weight excluding hydrogens is 280 g/mol. The predicted octanol–water partition coefficient (Wildman–Crippen LogP) is 1.75. The molecule has 0 aliphatic carbocycles. The first-order chi connectivity index (χ1) is 10.0. The van der Waals surface area contributed by atoms with E-state index in [4.69, 9.17) is 15.1 Å². The molecule has 0 unspecified atom stereocenters. The molecule has 0 aromatic carbocycles. The smallest absolute Gasteiger partial charge is 0.337 e. The number of aromatic carboxylic acids is 1. The molecule has 1 N–H and O–H groups in total. The SMILES string of the molecule is N#Cc1cc([N+](=O)[O-])cnc1Oc1cncc(C(=O)O)c1. The van der Waals surface area contributed by atoms with Gasteiger partial charge in [-0.15, -0.1) is 0 Å². The van der Waals surface area contributed by atoms with Gasteiger partial charge in [0.15, 0.2) is 0 Å². The summed E-state index contributed by atoms with van der Waals surface area (Å²) in [5.74, 6) is -1.31. The molecule has 2 rings (SSSR count). The molecule has 0 atom stereocenters. The van der Waals surface area contributed by atoms with Crippen molar-refractivity contribution in [2.75, 3.05) is 0 Å². The van der Waals surface area contributed by atoms with Gasteiger partial charge in [-0.25, -0.2) is 9.78 Å². The second-order valence-corrected chi connectivity index (χ2v) is 3.73. The Hall–Kier alpha value is -3.54. The van der Waals surface area contributed by atoms with E-state index in [1.807, 2.05) is 0 Å². The number of hydrogen-bond acceptors (Lipinski definition) is 7. The van der Waals surface area contributed by atoms with Crippen LogP contribution < -0.4 is 4.74 Å². The molecule has 0 amide bonds. The number of carboxylic acid groups (broad SMARTS) is 1. The molecule has 0 spiro atoms. The Labute approximate surface area is 117 Å². The van der Waals surface area contributed by atoms with Gasteiger partial charge in [-0.2, -0.15) is 5.26 Å². The molecule has 0 saturated heterocycles. The largest absolute Gasteiger partial charge is 0.478 e. The van der Waals surface area contributed by atoms with Crippen molar-refractivity contribution >= 4 is 11.7 Å². The first kappa shape index (κ1) is 13.9. The van der Waals surface area contributed by atoms with Crippen molar-refractivity contribution in [3.05, 3.63) is 52.0 Å². The molecule has 0 saturated carbocycles. The van der Waals surface area contributed by atoms with Gasteiger partial charge in [-0.1, -0.05) is 0 Å². The summed E-state index contributed by atoms with van der Waals surface area (Å²) in [4.78, 5) is 28.1. The fraction of sp³-hybridized carbons (Fsp3) is 0. The highest BCUT2D eigenvalue weighted by Crippen LogP contribution is 2.25. The van der Waals surface area contributed by atoms with E-state index in [1.165, 1.54) is 12.3 Å². The van der Waals surface area contributed by atoms with Gasteiger partial charge in [0.05, 0.1) is 16.7 Å². The van der Waals surface area contributed by atoms with Gasteiger partial charge < -0.3 is 9.84 Å². The number of hydrogen-bond donors (Lipinski definition) is 1. The normalized spacial score (nSPS) is 9.67. The lowest BCUT2D eigenvalue weighted by Gasteiger charge is -2.06. The fourth-order valence-corrected chi connectivity index (χ4v) is 1.41. The minimum absolute atomic E-state index is 0.0488. The summed E-state index contributed by atoms with van der Waals surface area (Å²) in [6, 6.07) is 3.92. The number of carboxylic acids is 1. The Morgan fingerprint density at radius 2 is 2.14 bits per heavy atom. The van der Waals surface area contributed by atoms with Crippen LogP contribution >= 0.6 is 0 Å². The lowest BCUT2D eigenvalue weighted by atomic mass is 10.2. The summed E-state index contributed by atoms with van der Waals surface area (Å²) >= 11 is 0. The molecule has 104 valence electrons. The molecule has 2 aromatic rings. The predicted molar refractivity (Wildman–Crippen MR) is 66.9 cm³/mol. The number of nitro groups is 1. The van der Waals surface area contributed by atoms with Crippen molar-refractivity contribution in [2.24, 2.45) is 0 Å². The standard InChI is InChI=1S/C12H6N4O5/c13-3-7-1-9(16(19)20)5-15-11(7)21-10-2-8(12(17)18)4-14-6-10/h1-2,4-6H,(H,17,18). The summed E-state index contributed by atoms with van der Waals surface area (Å²) in [7, 11) is 0. The third kappa shape index (κ3) is 3.07. The van der Waals surface area contributed by atoms with Crippen LogP contribution in [0.25, 0.3) is 0 Å². The number of ether oxygens (including phenoxy) is 1. The van der Waals surface area contributed by atoms with Crippen molar-refractivity contribution in [3.8, 4) is 17.7 Å². The van der Waals surface area contributed by atoms with E-state index in [1.54, 1.807) is 6.07 Å². The molecule has 9 heteroatoms. The van der Waals surface area contributed by atoms with Crippen molar-refractivity contribution in [1.82, 2.24) is 9.97 Å². The summed E-state index contributed by atoms with van der Waals surface area (Å²) in [6.45, 7) is 0. The van der Waals surface area contributed by atoms with E-state index in [9.17, 15) is 14.9 Å². The Kier molecular flexibility index (Phi) is 3.71. The summed E-state index contributed by atoms with van der Waals surface area (Å²) < 4.78 is 5.24. The highest BCUT2D eigenvalue weighted by molar-refractivity contribution is 5.87. The molecule has 0 bridgehead atoms. The average molecular weight is 286 g/mol. The molecule has 0 radical (unpaired) electrons. The van der Waals surface area contributed by atoms with Crippen LogP contribution in [0.1, 0.15) is 15.9 Å². The van der Waals surface area contributed by atoms with E-state index >= 15 is 0 Å². The van der Waals surface area contributed by atoms with E-state index in [2.05, 4.69) is 9.97 Å². The topological polar surface area (TPSA) is 139 Å². The van der Waals surface area contributed by atoms with Crippen LogP contribution in [0.3, 0.4) is 0 Å². The quantitative estimate of drug-likeness (QED) is 0.662. The van der Waals surface area contributed by atoms with Crippen LogP contribution in [0.4, 0.5) is 5.69 Å². The summed E-state index contributed by atoms with van der Waals surface area (Å²) in [5.41, 5.74) is -0.603. The number of carbonyl (C=O) groups is 1. The summed E-state index contributed by atoms with van der Waals surface area (Å²) in [6.07, 6.45) is 3.30. The second kappa shape index (κ2) is 5.62. The zero-order chi connectivity index (χ0) is 15.4. The highest BCUT2D eigenvalue weighted by atomic mass is 16.6. The first-order valence-electron chi connectivity index (χ1n) is 5.42. The highest BCUT2D eigenvalue weighted by Gasteiger charge is 2.14. The molecule has 9 nitrogen and oxygen atoms in total. The Balaban J connectivity index is 2.36. The van der Waals surface area contributed by atoms with Gasteiger partial charge in [0.2, 0.25) is 5.88 Å². The number of nitriles is 1. The van der Waals surface area contributed by atoms with Crippen molar-refractivity contribution in [1.29, 1.82) is 5.26 Å². The van der Waals surface area contributed by atoms with Crippen LogP contribution in [0, 0.1) is 21.4 Å². The van der Waals surface area contributed by atoms with Crippen LogP contribution in [0.15, 0.2) is 30.7 Å². The number of nitrogens with zero attached hydrogens (tertiary/aromatic N) is 4. The molecule has 2 heterocycles. The van der Waals surface area contributed by atoms with Gasteiger partial charge in [-0.3, -0.25) is 15.1 Å². The maximum absolute atomic E-state index is 10.8. The maximum Gasteiger partial charge on any atom is 0.337 e. The van der Waals surface area contributed by atoms with E-state index in [0.29, 0.717) is 0 Å². The Morgan fingerprint density at radius 1 is 1.38 bits per heavy atom. The van der Waals surface area contributed by atoms with Crippen LogP contribution in [0.2, 0.25) is 0 Å². The molecule has 2 aromatic heterocycles. The lowest BCUT2D eigenvalue weighted by Crippen LogP contribution is -1.99. The summed E-state index contributed by atoms with van der Waals surface area (Å²) in [5, 5.41) is 28.4. The second-order valence-electron chi connectivity index (χ2n) is 3.73. The van der Waals surface area contributed by atoms with Gasteiger partial charge in [0.25, 0.3) is 5.69 Å². The van der Waals surface area contributed by atoms with Crippen LogP contribution in [0.5, 0.6) is 11.6 Å². The Morgan fingerprint density at radius 3 is 2.76 bits per heavy atom. The molecule has 0 fully saturated rings. The monoisotopic (exact) mass is 286 g/mol. The number of rotatable bonds is 4. The van der Waals surface area contributed by atoms with Gasteiger partial charge in [0.1, 0.15) is 23.6 Å². The van der Waals surface area contributed by atoms with Crippen LogP contribution in [-0.2, 0) is 0 Å². The molecule has 0 aliphatic heterocycles. The van der Waals surface area contributed by atoms with Crippen molar-refractivity contribution < 1.29 is 19.6 Å². The molecule has 21 heavy (non-hydrogen) atoms. The Bertz CT molecular complexity index is 768. The van der Waals surface area contributed by atoms with E-state index in [-0.39, 0.29) is 28.4 Å². The van der Waals surface area contributed by atoms with Gasteiger partial charge >= 0.3 is 5.97 Å². The fourth-order valence-electron chi connectivity index (χ4n) is 1.41. The molecule has 0 aliphatic rings. The van der Waals surface area contributed by atoms with Crippen molar-refractivity contribution in [3.63, 3.8) is 0 Å². The molecular formula is C12H6N4O5. The minimum Gasteiger partial charge on any atom is -0.478 e. The zero-order valence-electron chi connectivity index (χ0n) is 10.3. The third-order valence-electron chi connectivity index (χ3n) is 2.34. The number of aromatic nitrogens is 2. The number of pyridine rings is 2. The van der Waals surface area contributed by atoms with E-state index < -0.39 is 10.9 Å². The van der Waals surface area contributed by atoms with Crippen molar-refractivity contribution in [2.45, 2.75) is 0 Å².